The second kappa shape index (κ2) is 4.54. The highest BCUT2D eigenvalue weighted by Crippen LogP contribution is 2.28. The second-order valence-electron chi connectivity index (χ2n) is 5.15. The van der Waals surface area contributed by atoms with E-state index >= 15 is 0 Å². The minimum absolute atomic E-state index is 0.395. The van der Waals surface area contributed by atoms with E-state index in [0.717, 1.165) is 27.5 Å². The van der Waals surface area contributed by atoms with Gasteiger partial charge in [0.25, 0.3) is 0 Å². The molecule has 0 bridgehead atoms. The summed E-state index contributed by atoms with van der Waals surface area (Å²) in [6.45, 7) is 1.65. The van der Waals surface area contributed by atoms with E-state index in [-0.39, 0.29) is 0 Å². The second-order valence-corrected chi connectivity index (χ2v) is 5.15. The van der Waals surface area contributed by atoms with E-state index in [2.05, 4.69) is 15.2 Å². The monoisotopic (exact) mass is 294 g/mol. The van der Waals surface area contributed by atoms with Crippen LogP contribution in [0.25, 0.3) is 27.5 Å². The number of aliphatic hydroxyl groups excluding tert-OH is 1. The van der Waals surface area contributed by atoms with E-state index in [1.54, 1.807) is 24.0 Å². The van der Waals surface area contributed by atoms with Gasteiger partial charge in [-0.3, -0.25) is 0 Å². The summed E-state index contributed by atoms with van der Waals surface area (Å²) in [7, 11) is 0. The fraction of sp³-hybridized carbons (Fsp3) is 0.133. The molecule has 0 radical (unpaired) electrons. The molecule has 4 aromatic rings. The third kappa shape index (κ3) is 1.83. The Labute approximate surface area is 125 Å². The Morgan fingerprint density at radius 2 is 2.14 bits per heavy atom. The van der Waals surface area contributed by atoms with Crippen molar-refractivity contribution in [3.63, 3.8) is 0 Å². The Bertz CT molecular complexity index is 971. The molecule has 4 rings (SSSR count). The molecule has 1 aromatic carbocycles. The van der Waals surface area contributed by atoms with Crippen LogP contribution in [-0.4, -0.2) is 29.7 Å². The zero-order valence-electron chi connectivity index (χ0n) is 11.9. The molecule has 0 saturated heterocycles. The largest absolute Gasteiger partial charge is 0.383 e. The van der Waals surface area contributed by atoms with Gasteiger partial charge in [-0.15, -0.1) is 0 Å². The van der Waals surface area contributed by atoms with Gasteiger partial charge in [-0.2, -0.15) is 10.2 Å². The van der Waals surface area contributed by atoms with Crippen LogP contribution < -0.4 is 5.73 Å². The first-order valence-corrected chi connectivity index (χ1v) is 6.89. The predicted octanol–water partition coefficient (Wildman–Crippen LogP) is 1.86. The number of anilines is 1. The number of hydrogen-bond donors (Lipinski definition) is 2. The molecular weight excluding hydrogens is 280 g/mol. The summed E-state index contributed by atoms with van der Waals surface area (Å²) in [5, 5.41) is 19.9. The van der Waals surface area contributed by atoms with Gasteiger partial charge in [-0.05, 0) is 31.2 Å². The van der Waals surface area contributed by atoms with Gasteiger partial charge in [0.15, 0.2) is 0 Å². The van der Waals surface area contributed by atoms with Crippen molar-refractivity contribution in [1.82, 2.24) is 24.5 Å². The first-order valence-electron chi connectivity index (χ1n) is 6.89. The summed E-state index contributed by atoms with van der Waals surface area (Å²) in [5.74, 6) is 0.395. The smallest absolute Gasteiger partial charge is 0.144 e. The molecular formula is C15H14N6O. The Hall–Kier alpha value is -2.93. The molecule has 0 aliphatic heterocycles. The van der Waals surface area contributed by atoms with Crippen LogP contribution in [0.4, 0.5) is 5.82 Å². The normalized spacial score (nSPS) is 13.0. The number of aliphatic hydroxyl groups is 1. The van der Waals surface area contributed by atoms with E-state index in [0.29, 0.717) is 5.82 Å². The van der Waals surface area contributed by atoms with Crippen molar-refractivity contribution in [2.75, 3.05) is 5.73 Å². The highest BCUT2D eigenvalue weighted by atomic mass is 16.3. The molecule has 22 heavy (non-hydrogen) atoms. The molecule has 7 nitrogen and oxygen atoms in total. The lowest BCUT2D eigenvalue weighted by Gasteiger charge is -2.05. The van der Waals surface area contributed by atoms with Crippen LogP contribution in [0, 0.1) is 0 Å². The molecule has 3 heterocycles. The Balaban J connectivity index is 2.00. The van der Waals surface area contributed by atoms with Crippen molar-refractivity contribution >= 4 is 27.6 Å². The third-order valence-electron chi connectivity index (χ3n) is 3.64. The van der Waals surface area contributed by atoms with Gasteiger partial charge < -0.3 is 10.8 Å². The molecule has 0 aliphatic rings. The van der Waals surface area contributed by atoms with Gasteiger partial charge in [0, 0.05) is 24.0 Å². The number of fused-ring (bicyclic) bond motifs is 3. The first kappa shape index (κ1) is 12.8. The zero-order chi connectivity index (χ0) is 15.3. The molecule has 7 heteroatoms. The number of nitrogens with zero attached hydrogens (tertiary/aromatic N) is 5. The van der Waals surface area contributed by atoms with Crippen LogP contribution in [0.15, 0.2) is 42.9 Å². The maximum Gasteiger partial charge on any atom is 0.144 e. The zero-order valence-corrected chi connectivity index (χ0v) is 11.9. The number of aromatic nitrogens is 5. The number of benzene rings is 1. The Kier molecular flexibility index (Phi) is 2.64. The predicted molar refractivity (Wildman–Crippen MR) is 83.5 cm³/mol. The van der Waals surface area contributed by atoms with Crippen LogP contribution in [0.1, 0.15) is 13.2 Å². The minimum Gasteiger partial charge on any atom is -0.383 e. The van der Waals surface area contributed by atoms with Crippen molar-refractivity contribution in [1.29, 1.82) is 0 Å². The molecule has 3 N–H and O–H groups in total. The summed E-state index contributed by atoms with van der Waals surface area (Å²) < 4.78 is 3.24. The van der Waals surface area contributed by atoms with E-state index in [1.165, 1.54) is 4.68 Å². The van der Waals surface area contributed by atoms with Crippen molar-refractivity contribution in [2.24, 2.45) is 0 Å². The first-order chi connectivity index (χ1) is 10.6. The molecule has 110 valence electrons. The highest BCUT2D eigenvalue weighted by Gasteiger charge is 2.13. The summed E-state index contributed by atoms with van der Waals surface area (Å²) in [4.78, 5) is 4.45. The molecule has 0 amide bonds. The standard InChI is InChI=1S/C15H14N6O/c1-9(22)21-8-12-14(19-21)11-4-3-10(20-6-2-5-17-20)7-13(11)18-15(12)16/h2-9,22H,1H3,(H2,16,18). The molecule has 1 atom stereocenters. The molecule has 0 fully saturated rings. The summed E-state index contributed by atoms with van der Waals surface area (Å²) in [6, 6.07) is 7.67. The maximum atomic E-state index is 9.68. The van der Waals surface area contributed by atoms with Gasteiger partial charge in [0.05, 0.1) is 16.6 Å². The van der Waals surface area contributed by atoms with Crippen LogP contribution in [-0.2, 0) is 0 Å². The fourth-order valence-electron chi connectivity index (χ4n) is 2.54. The van der Waals surface area contributed by atoms with Crippen LogP contribution in [0.5, 0.6) is 0 Å². The maximum absolute atomic E-state index is 9.68. The van der Waals surface area contributed by atoms with Crippen LogP contribution >= 0.6 is 0 Å². The van der Waals surface area contributed by atoms with E-state index in [9.17, 15) is 5.11 Å². The summed E-state index contributed by atoms with van der Waals surface area (Å²) >= 11 is 0. The summed E-state index contributed by atoms with van der Waals surface area (Å²) in [6.07, 6.45) is 4.58. The number of nitrogen functional groups attached to an aromatic ring is 1. The Morgan fingerprint density at radius 3 is 2.86 bits per heavy atom. The van der Waals surface area contributed by atoms with Gasteiger partial charge in [0.2, 0.25) is 0 Å². The van der Waals surface area contributed by atoms with Crippen molar-refractivity contribution in [3.8, 4) is 5.69 Å². The lowest BCUT2D eigenvalue weighted by atomic mass is 10.1. The summed E-state index contributed by atoms with van der Waals surface area (Å²) in [5.41, 5.74) is 8.41. The lowest BCUT2D eigenvalue weighted by molar-refractivity contribution is 0.111. The van der Waals surface area contributed by atoms with Gasteiger partial charge in [-0.25, -0.2) is 14.3 Å². The molecule has 0 spiro atoms. The van der Waals surface area contributed by atoms with Gasteiger partial charge in [-0.1, -0.05) is 0 Å². The average molecular weight is 294 g/mol. The Morgan fingerprint density at radius 1 is 1.27 bits per heavy atom. The molecule has 0 aliphatic carbocycles. The van der Waals surface area contributed by atoms with Gasteiger partial charge >= 0.3 is 0 Å². The van der Waals surface area contributed by atoms with Crippen molar-refractivity contribution in [3.05, 3.63) is 42.9 Å². The third-order valence-corrected chi connectivity index (χ3v) is 3.64. The van der Waals surface area contributed by atoms with Crippen LogP contribution in [0.2, 0.25) is 0 Å². The van der Waals surface area contributed by atoms with E-state index in [4.69, 9.17) is 5.73 Å². The molecule has 0 saturated carbocycles. The van der Waals surface area contributed by atoms with Crippen molar-refractivity contribution in [2.45, 2.75) is 13.2 Å². The van der Waals surface area contributed by atoms with Crippen molar-refractivity contribution < 1.29 is 5.11 Å². The fourth-order valence-corrected chi connectivity index (χ4v) is 2.54. The SMILES string of the molecule is CC(O)n1cc2c(N)nc3cc(-n4cccn4)ccc3c2n1. The minimum atomic E-state index is -0.717. The van der Waals surface area contributed by atoms with E-state index < -0.39 is 6.23 Å². The highest BCUT2D eigenvalue weighted by molar-refractivity contribution is 6.07. The topological polar surface area (TPSA) is 94.8 Å². The number of pyridine rings is 1. The number of rotatable bonds is 2. The average Bonchev–Trinajstić information content (AvgIpc) is 3.17. The number of hydrogen-bond acceptors (Lipinski definition) is 5. The van der Waals surface area contributed by atoms with Gasteiger partial charge in [0.1, 0.15) is 17.6 Å². The molecule has 3 aromatic heterocycles. The quantitative estimate of drug-likeness (QED) is 0.588. The van der Waals surface area contributed by atoms with Crippen LogP contribution in [0.3, 0.4) is 0 Å². The van der Waals surface area contributed by atoms with E-state index in [1.807, 2.05) is 30.5 Å². The molecule has 1 unspecified atom stereocenters. The lowest BCUT2D eigenvalue weighted by Crippen LogP contribution is -2.03. The number of nitrogens with two attached hydrogens (primary N) is 1.